The lowest BCUT2D eigenvalue weighted by molar-refractivity contribution is 0.591. The fraction of sp³-hybridized carbons (Fsp3) is 0.250. The highest BCUT2D eigenvalue weighted by Crippen LogP contribution is 2.31. The van der Waals surface area contributed by atoms with Gasteiger partial charge in [0.15, 0.2) is 0 Å². The molecule has 0 spiro atoms. The zero-order chi connectivity index (χ0) is 14.7. The summed E-state index contributed by atoms with van der Waals surface area (Å²) < 4.78 is 27.2. The van der Waals surface area contributed by atoms with Crippen LogP contribution in [0.5, 0.6) is 0 Å². The molecule has 106 valence electrons. The second-order valence-electron chi connectivity index (χ2n) is 4.63. The predicted molar refractivity (Wildman–Crippen MR) is 78.1 cm³/mol. The third-order valence-corrected chi connectivity index (χ3v) is 3.65. The van der Waals surface area contributed by atoms with Crippen molar-refractivity contribution in [1.29, 1.82) is 0 Å². The molecular weight excluding hydrogens is 280 g/mol. The Morgan fingerprint density at radius 1 is 1.15 bits per heavy atom. The molecule has 1 nitrogen and oxygen atoms in total. The molecule has 0 amide bonds. The first-order chi connectivity index (χ1) is 9.54. The largest absolute Gasteiger partial charge is 0.306 e. The molecule has 0 aliphatic carbocycles. The van der Waals surface area contributed by atoms with Crippen LogP contribution in [0.15, 0.2) is 36.4 Å². The minimum atomic E-state index is -0.471. The average molecular weight is 296 g/mol. The fourth-order valence-electron chi connectivity index (χ4n) is 2.26. The quantitative estimate of drug-likeness (QED) is 0.867. The summed E-state index contributed by atoms with van der Waals surface area (Å²) in [6.07, 6.45) is 0. The molecule has 0 aliphatic heterocycles. The molecule has 0 radical (unpaired) electrons. The van der Waals surface area contributed by atoms with E-state index in [1.807, 2.05) is 13.8 Å². The summed E-state index contributed by atoms with van der Waals surface area (Å²) in [5, 5.41) is 3.30. The van der Waals surface area contributed by atoms with Crippen LogP contribution in [0.25, 0.3) is 0 Å². The van der Waals surface area contributed by atoms with Crippen LogP contribution >= 0.6 is 11.6 Å². The van der Waals surface area contributed by atoms with Gasteiger partial charge in [0, 0.05) is 0 Å². The van der Waals surface area contributed by atoms with Crippen molar-refractivity contribution in [3.63, 3.8) is 0 Å². The van der Waals surface area contributed by atoms with Gasteiger partial charge in [-0.1, -0.05) is 36.7 Å². The summed E-state index contributed by atoms with van der Waals surface area (Å²) in [5.41, 5.74) is 2.30. The molecule has 0 bridgehead atoms. The summed E-state index contributed by atoms with van der Waals surface area (Å²) >= 11 is 6.06. The van der Waals surface area contributed by atoms with Crippen molar-refractivity contribution in [2.24, 2.45) is 0 Å². The van der Waals surface area contributed by atoms with E-state index in [-0.39, 0.29) is 16.9 Å². The minimum absolute atomic E-state index is 0.0714. The van der Waals surface area contributed by atoms with Crippen molar-refractivity contribution < 1.29 is 8.78 Å². The fourth-order valence-corrected chi connectivity index (χ4v) is 2.49. The number of rotatable bonds is 4. The van der Waals surface area contributed by atoms with E-state index < -0.39 is 5.82 Å². The maximum Gasteiger partial charge on any atom is 0.142 e. The van der Waals surface area contributed by atoms with Crippen molar-refractivity contribution in [1.82, 2.24) is 5.32 Å². The molecule has 1 N–H and O–H groups in total. The van der Waals surface area contributed by atoms with Crippen molar-refractivity contribution in [2.45, 2.75) is 19.9 Å². The van der Waals surface area contributed by atoms with Crippen LogP contribution in [-0.4, -0.2) is 6.54 Å². The van der Waals surface area contributed by atoms with Gasteiger partial charge in [0.2, 0.25) is 0 Å². The van der Waals surface area contributed by atoms with E-state index in [4.69, 9.17) is 11.6 Å². The molecule has 1 atom stereocenters. The van der Waals surface area contributed by atoms with Crippen LogP contribution in [0.1, 0.15) is 29.7 Å². The number of nitrogens with one attached hydrogen (secondary N) is 1. The second-order valence-corrected chi connectivity index (χ2v) is 5.01. The minimum Gasteiger partial charge on any atom is -0.306 e. The van der Waals surface area contributed by atoms with Crippen LogP contribution in [0.2, 0.25) is 5.02 Å². The zero-order valence-corrected chi connectivity index (χ0v) is 12.1. The molecule has 0 fully saturated rings. The van der Waals surface area contributed by atoms with E-state index in [1.54, 1.807) is 18.2 Å². The Morgan fingerprint density at radius 3 is 2.60 bits per heavy atom. The summed E-state index contributed by atoms with van der Waals surface area (Å²) in [6.45, 7) is 4.49. The Kier molecular flexibility index (Phi) is 4.73. The monoisotopic (exact) mass is 295 g/mol. The average Bonchev–Trinajstić information content (AvgIpc) is 2.43. The predicted octanol–water partition coefficient (Wildman–Crippen LogP) is 4.63. The van der Waals surface area contributed by atoms with E-state index in [0.717, 1.165) is 11.1 Å². The number of hydrogen-bond acceptors (Lipinski definition) is 1. The standard InChI is InChI=1S/C16H16ClF2N/c1-3-20-16(12-5-4-6-14(19)15(12)17)13-9-11(18)8-7-10(13)2/h4-9,16,20H,3H2,1-2H3. The van der Waals surface area contributed by atoms with Crippen LogP contribution in [0.3, 0.4) is 0 Å². The maximum absolute atomic E-state index is 13.6. The Bertz CT molecular complexity index is 611. The molecule has 1 unspecified atom stereocenters. The van der Waals surface area contributed by atoms with Gasteiger partial charge in [0.25, 0.3) is 0 Å². The Labute approximate surface area is 122 Å². The van der Waals surface area contributed by atoms with Gasteiger partial charge in [-0.15, -0.1) is 0 Å². The Balaban J connectivity index is 2.56. The first kappa shape index (κ1) is 14.9. The van der Waals surface area contributed by atoms with Gasteiger partial charge in [-0.25, -0.2) is 8.78 Å². The van der Waals surface area contributed by atoms with Crippen molar-refractivity contribution in [3.05, 3.63) is 69.7 Å². The molecule has 2 aromatic carbocycles. The van der Waals surface area contributed by atoms with E-state index in [0.29, 0.717) is 12.1 Å². The highest BCUT2D eigenvalue weighted by molar-refractivity contribution is 6.31. The second kappa shape index (κ2) is 6.33. The summed E-state index contributed by atoms with van der Waals surface area (Å²) in [5.74, 6) is -0.790. The third-order valence-electron chi connectivity index (χ3n) is 3.25. The van der Waals surface area contributed by atoms with Crippen molar-refractivity contribution in [3.8, 4) is 0 Å². The maximum atomic E-state index is 13.6. The number of benzene rings is 2. The van der Waals surface area contributed by atoms with Crippen molar-refractivity contribution in [2.75, 3.05) is 6.54 Å². The van der Waals surface area contributed by atoms with Crippen LogP contribution in [0, 0.1) is 18.6 Å². The van der Waals surface area contributed by atoms with Crippen molar-refractivity contribution >= 4 is 11.6 Å². The summed E-state index contributed by atoms with van der Waals surface area (Å²) in [7, 11) is 0. The van der Waals surface area contributed by atoms with Gasteiger partial charge in [0.05, 0.1) is 11.1 Å². The number of halogens is 3. The molecule has 0 aromatic heterocycles. The number of hydrogen-bond donors (Lipinski definition) is 1. The highest BCUT2D eigenvalue weighted by Gasteiger charge is 2.20. The van der Waals surface area contributed by atoms with Crippen LogP contribution in [-0.2, 0) is 0 Å². The summed E-state index contributed by atoms with van der Waals surface area (Å²) in [4.78, 5) is 0. The van der Waals surface area contributed by atoms with Gasteiger partial charge in [0.1, 0.15) is 11.6 Å². The lowest BCUT2D eigenvalue weighted by Crippen LogP contribution is -2.23. The van der Waals surface area contributed by atoms with E-state index in [2.05, 4.69) is 5.32 Å². The van der Waals surface area contributed by atoms with E-state index >= 15 is 0 Å². The molecule has 0 saturated carbocycles. The van der Waals surface area contributed by atoms with E-state index in [1.165, 1.54) is 18.2 Å². The molecule has 0 heterocycles. The van der Waals surface area contributed by atoms with E-state index in [9.17, 15) is 8.78 Å². The normalized spacial score (nSPS) is 12.4. The molecule has 0 aliphatic rings. The first-order valence-electron chi connectivity index (χ1n) is 6.48. The molecule has 20 heavy (non-hydrogen) atoms. The Morgan fingerprint density at radius 2 is 1.90 bits per heavy atom. The van der Waals surface area contributed by atoms with Crippen LogP contribution < -0.4 is 5.32 Å². The molecule has 0 saturated heterocycles. The SMILES string of the molecule is CCNC(c1cc(F)ccc1C)c1cccc(F)c1Cl. The molecule has 2 rings (SSSR count). The summed E-state index contributed by atoms with van der Waals surface area (Å²) in [6, 6.07) is 8.92. The van der Waals surface area contributed by atoms with Gasteiger partial charge in [-0.2, -0.15) is 0 Å². The van der Waals surface area contributed by atoms with Gasteiger partial charge >= 0.3 is 0 Å². The Hall–Kier alpha value is -1.45. The first-order valence-corrected chi connectivity index (χ1v) is 6.85. The van der Waals surface area contributed by atoms with Gasteiger partial charge in [-0.3, -0.25) is 0 Å². The topological polar surface area (TPSA) is 12.0 Å². The van der Waals surface area contributed by atoms with Crippen LogP contribution in [0.4, 0.5) is 8.78 Å². The van der Waals surface area contributed by atoms with Gasteiger partial charge < -0.3 is 5.32 Å². The molecular formula is C16H16ClF2N. The number of aryl methyl sites for hydroxylation is 1. The zero-order valence-electron chi connectivity index (χ0n) is 11.4. The smallest absolute Gasteiger partial charge is 0.142 e. The third kappa shape index (κ3) is 3.00. The molecule has 2 aromatic rings. The van der Waals surface area contributed by atoms with Gasteiger partial charge in [-0.05, 0) is 48.4 Å². The lowest BCUT2D eigenvalue weighted by atomic mass is 9.94. The highest BCUT2D eigenvalue weighted by atomic mass is 35.5. The lowest BCUT2D eigenvalue weighted by Gasteiger charge is -2.22. The molecule has 4 heteroatoms.